The molecule has 0 aliphatic rings. The normalized spacial score (nSPS) is 10.7. The fourth-order valence-electron chi connectivity index (χ4n) is 2.67. The van der Waals surface area contributed by atoms with Gasteiger partial charge in [0.25, 0.3) is 5.91 Å². The Bertz CT molecular complexity index is 879. The first kappa shape index (κ1) is 18.6. The Labute approximate surface area is 161 Å². The fourth-order valence-corrected chi connectivity index (χ4v) is 4.32. The molecule has 4 nitrogen and oxygen atoms in total. The van der Waals surface area contributed by atoms with Crippen LogP contribution in [0.3, 0.4) is 0 Å². The molecule has 2 heterocycles. The molecule has 0 fully saturated rings. The number of hydrogen-bond donors (Lipinski definition) is 1. The molecule has 0 saturated carbocycles. The maximum Gasteiger partial charge on any atom is 0.257 e. The number of carbonyl (C=O) groups is 1. The number of thiazole rings is 1. The van der Waals surface area contributed by atoms with Crippen LogP contribution in [0, 0.1) is 20.8 Å². The molecule has 1 amide bonds. The summed E-state index contributed by atoms with van der Waals surface area (Å²) in [5.74, 6) is 0.698. The highest BCUT2D eigenvalue weighted by atomic mass is 32.1. The summed E-state index contributed by atoms with van der Waals surface area (Å²) in [6, 6.07) is 10.2. The van der Waals surface area contributed by atoms with Crippen molar-refractivity contribution in [2.45, 2.75) is 27.2 Å². The van der Waals surface area contributed by atoms with E-state index in [0.717, 1.165) is 34.0 Å². The first-order chi connectivity index (χ1) is 12.5. The van der Waals surface area contributed by atoms with E-state index >= 15 is 0 Å². The first-order valence-electron chi connectivity index (χ1n) is 8.50. The molecule has 1 aromatic carbocycles. The molecule has 6 heteroatoms. The van der Waals surface area contributed by atoms with Crippen LogP contribution >= 0.6 is 22.7 Å². The van der Waals surface area contributed by atoms with E-state index in [1.165, 1.54) is 9.75 Å². The quantitative estimate of drug-likeness (QED) is 0.649. The first-order valence-corrected chi connectivity index (χ1v) is 10.2. The number of nitrogens with one attached hydrogen (secondary N) is 1. The standard InChI is InChI=1S/C20H22N2O2S2/c1-13-5-4-6-14(2)20(13)24-11-19(23)21-10-9-16-7-8-18(26-16)17-12-25-15(3)22-17/h4-8,12H,9-11H2,1-3H3,(H,21,23). The van der Waals surface area contributed by atoms with Gasteiger partial charge in [-0.2, -0.15) is 0 Å². The average molecular weight is 387 g/mol. The Morgan fingerprint density at radius 2 is 1.92 bits per heavy atom. The van der Waals surface area contributed by atoms with E-state index in [2.05, 4.69) is 27.8 Å². The van der Waals surface area contributed by atoms with Crippen molar-refractivity contribution < 1.29 is 9.53 Å². The summed E-state index contributed by atoms with van der Waals surface area (Å²) in [4.78, 5) is 18.9. The fraction of sp³-hybridized carbons (Fsp3) is 0.300. The Hall–Kier alpha value is -2.18. The summed E-state index contributed by atoms with van der Waals surface area (Å²) in [6.07, 6.45) is 0.808. The van der Waals surface area contributed by atoms with Gasteiger partial charge in [0.05, 0.1) is 15.6 Å². The van der Waals surface area contributed by atoms with Gasteiger partial charge in [0.2, 0.25) is 0 Å². The molecule has 0 unspecified atom stereocenters. The number of ether oxygens (including phenoxy) is 1. The van der Waals surface area contributed by atoms with E-state index in [1.807, 2.05) is 39.0 Å². The molecule has 1 N–H and O–H groups in total. The lowest BCUT2D eigenvalue weighted by molar-refractivity contribution is -0.123. The van der Waals surface area contributed by atoms with Crippen LogP contribution in [0.4, 0.5) is 0 Å². The molecule has 0 bridgehead atoms. The Kier molecular flexibility index (Phi) is 6.06. The predicted octanol–water partition coefficient (Wildman–Crippen LogP) is 4.53. The van der Waals surface area contributed by atoms with Crippen LogP contribution in [0.1, 0.15) is 21.0 Å². The maximum atomic E-state index is 12.0. The molecular formula is C20H22N2O2S2. The van der Waals surface area contributed by atoms with Gasteiger partial charge in [-0.3, -0.25) is 4.79 Å². The van der Waals surface area contributed by atoms with Gasteiger partial charge in [-0.1, -0.05) is 18.2 Å². The Balaban J connectivity index is 1.45. The highest BCUT2D eigenvalue weighted by Gasteiger charge is 2.09. The number of aryl methyl sites for hydroxylation is 3. The topological polar surface area (TPSA) is 51.2 Å². The highest BCUT2D eigenvalue weighted by Crippen LogP contribution is 2.29. The number of thiophene rings is 1. The van der Waals surface area contributed by atoms with Gasteiger partial charge in [-0.25, -0.2) is 4.98 Å². The number of amides is 1. The van der Waals surface area contributed by atoms with Crippen LogP contribution in [-0.4, -0.2) is 24.0 Å². The molecule has 3 aromatic rings. The van der Waals surface area contributed by atoms with Gasteiger partial charge in [0.15, 0.2) is 6.61 Å². The number of carbonyl (C=O) groups excluding carboxylic acids is 1. The molecule has 2 aromatic heterocycles. The van der Waals surface area contributed by atoms with Crippen LogP contribution in [0.2, 0.25) is 0 Å². The molecular weight excluding hydrogens is 364 g/mol. The van der Waals surface area contributed by atoms with E-state index in [4.69, 9.17) is 4.74 Å². The molecule has 3 rings (SSSR count). The van der Waals surface area contributed by atoms with Gasteiger partial charge < -0.3 is 10.1 Å². The largest absolute Gasteiger partial charge is 0.483 e. The highest BCUT2D eigenvalue weighted by molar-refractivity contribution is 7.16. The minimum absolute atomic E-state index is 0.0412. The molecule has 0 saturated heterocycles. The summed E-state index contributed by atoms with van der Waals surface area (Å²) in [5.41, 5.74) is 3.12. The second-order valence-electron chi connectivity index (χ2n) is 6.13. The van der Waals surface area contributed by atoms with E-state index in [1.54, 1.807) is 22.7 Å². The Morgan fingerprint density at radius 1 is 1.15 bits per heavy atom. The lowest BCUT2D eigenvalue weighted by Crippen LogP contribution is -2.30. The number of benzene rings is 1. The van der Waals surface area contributed by atoms with Crippen LogP contribution in [-0.2, 0) is 11.2 Å². The Morgan fingerprint density at radius 3 is 2.62 bits per heavy atom. The van der Waals surface area contributed by atoms with Crippen LogP contribution in [0.5, 0.6) is 5.75 Å². The van der Waals surface area contributed by atoms with Crippen LogP contribution in [0.25, 0.3) is 10.6 Å². The number of para-hydroxylation sites is 1. The minimum atomic E-state index is -0.0976. The van der Waals surface area contributed by atoms with E-state index in [-0.39, 0.29) is 12.5 Å². The molecule has 0 aliphatic heterocycles. The lowest BCUT2D eigenvalue weighted by atomic mass is 10.1. The summed E-state index contributed by atoms with van der Waals surface area (Å²) >= 11 is 3.39. The molecule has 0 atom stereocenters. The van der Waals surface area contributed by atoms with Crippen LogP contribution in [0.15, 0.2) is 35.7 Å². The van der Waals surface area contributed by atoms with E-state index < -0.39 is 0 Å². The third-order valence-corrected chi connectivity index (χ3v) is 5.92. The van der Waals surface area contributed by atoms with Crippen molar-refractivity contribution in [2.75, 3.05) is 13.2 Å². The zero-order valence-corrected chi connectivity index (χ0v) is 16.8. The van der Waals surface area contributed by atoms with Gasteiger partial charge in [0, 0.05) is 16.8 Å². The third-order valence-electron chi connectivity index (χ3n) is 3.98. The number of rotatable bonds is 7. The summed E-state index contributed by atoms with van der Waals surface area (Å²) < 4.78 is 5.68. The van der Waals surface area contributed by atoms with Crippen molar-refractivity contribution in [3.05, 3.63) is 56.7 Å². The molecule has 136 valence electrons. The lowest BCUT2D eigenvalue weighted by Gasteiger charge is -2.11. The second kappa shape index (κ2) is 8.47. The number of nitrogens with zero attached hydrogens (tertiary/aromatic N) is 1. The molecule has 0 spiro atoms. The van der Waals surface area contributed by atoms with Crippen molar-refractivity contribution >= 4 is 28.6 Å². The summed E-state index contributed by atoms with van der Waals surface area (Å²) in [6.45, 7) is 6.63. The third kappa shape index (κ3) is 4.71. The van der Waals surface area contributed by atoms with Gasteiger partial charge >= 0.3 is 0 Å². The van der Waals surface area contributed by atoms with E-state index in [0.29, 0.717) is 6.54 Å². The summed E-state index contributed by atoms with van der Waals surface area (Å²) in [7, 11) is 0. The molecule has 0 radical (unpaired) electrons. The van der Waals surface area contributed by atoms with Crippen molar-refractivity contribution in [1.29, 1.82) is 0 Å². The maximum absolute atomic E-state index is 12.0. The predicted molar refractivity (Wildman–Crippen MR) is 108 cm³/mol. The van der Waals surface area contributed by atoms with Crippen molar-refractivity contribution in [3.8, 4) is 16.3 Å². The molecule has 26 heavy (non-hydrogen) atoms. The van der Waals surface area contributed by atoms with Gasteiger partial charge in [-0.05, 0) is 50.5 Å². The van der Waals surface area contributed by atoms with Crippen molar-refractivity contribution in [3.63, 3.8) is 0 Å². The SMILES string of the molecule is Cc1nc(-c2ccc(CCNC(=O)COc3c(C)cccc3C)s2)cs1. The molecule has 0 aliphatic carbocycles. The van der Waals surface area contributed by atoms with Crippen molar-refractivity contribution in [2.24, 2.45) is 0 Å². The summed E-state index contributed by atoms with van der Waals surface area (Å²) in [5, 5.41) is 6.08. The number of hydrogen-bond acceptors (Lipinski definition) is 5. The van der Waals surface area contributed by atoms with Crippen LogP contribution < -0.4 is 10.1 Å². The van der Waals surface area contributed by atoms with Gasteiger partial charge in [0.1, 0.15) is 5.75 Å². The zero-order valence-electron chi connectivity index (χ0n) is 15.2. The zero-order chi connectivity index (χ0) is 18.5. The smallest absolute Gasteiger partial charge is 0.257 e. The average Bonchev–Trinajstić information content (AvgIpc) is 3.23. The minimum Gasteiger partial charge on any atom is -0.483 e. The second-order valence-corrected chi connectivity index (χ2v) is 8.36. The van der Waals surface area contributed by atoms with Gasteiger partial charge in [-0.15, -0.1) is 22.7 Å². The van der Waals surface area contributed by atoms with Crippen molar-refractivity contribution in [1.82, 2.24) is 10.3 Å². The number of aromatic nitrogens is 1. The monoisotopic (exact) mass is 386 g/mol. The van der Waals surface area contributed by atoms with E-state index in [9.17, 15) is 4.79 Å².